The topological polar surface area (TPSA) is 38.0 Å². The van der Waals surface area contributed by atoms with Gasteiger partial charge in [-0.3, -0.25) is 5.84 Å². The number of anilines is 1. The van der Waals surface area contributed by atoms with Crippen LogP contribution in [0.15, 0.2) is 54.6 Å². The van der Waals surface area contributed by atoms with Gasteiger partial charge in [-0.2, -0.15) is 0 Å². The van der Waals surface area contributed by atoms with Crippen LogP contribution in [0.2, 0.25) is 0 Å². The van der Waals surface area contributed by atoms with E-state index < -0.39 is 0 Å². The third kappa shape index (κ3) is 3.84. The molecule has 0 fully saturated rings. The highest BCUT2D eigenvalue weighted by Gasteiger charge is 1.89. The molecule has 0 amide bonds. The molecule has 2 aromatic carbocycles. The molecule has 86 valence electrons. The molecule has 3 N–H and O–H groups in total. The van der Waals surface area contributed by atoms with E-state index in [0.29, 0.717) is 0 Å². The van der Waals surface area contributed by atoms with E-state index in [1.165, 1.54) is 0 Å². The van der Waals surface area contributed by atoms with Gasteiger partial charge in [0.15, 0.2) is 0 Å². The monoisotopic (exact) mass is 244 g/mol. The third-order valence-corrected chi connectivity index (χ3v) is 2.15. The first kappa shape index (κ1) is 13.1. The average Bonchev–Trinajstić information content (AvgIpc) is 2.38. The molecule has 0 aliphatic rings. The van der Waals surface area contributed by atoms with Crippen molar-refractivity contribution < 1.29 is 0 Å². The minimum atomic E-state index is 0. The lowest BCUT2D eigenvalue weighted by atomic mass is 10.1. The maximum Gasteiger partial charge on any atom is 0.0497 e. The van der Waals surface area contributed by atoms with Crippen LogP contribution in [0.3, 0.4) is 0 Å². The predicted octanol–water partition coefficient (Wildman–Crippen LogP) is 2.79. The highest BCUT2D eigenvalue weighted by atomic mass is 35.5. The Morgan fingerprint density at radius 2 is 1.47 bits per heavy atom. The second-order valence-electron chi connectivity index (χ2n) is 3.34. The zero-order valence-electron chi connectivity index (χ0n) is 9.18. The van der Waals surface area contributed by atoms with Crippen molar-refractivity contribution in [2.75, 3.05) is 5.43 Å². The Hall–Kier alpha value is -1.95. The van der Waals surface area contributed by atoms with E-state index in [0.717, 1.165) is 16.8 Å². The Morgan fingerprint density at radius 1 is 0.824 bits per heavy atom. The fourth-order valence-corrected chi connectivity index (χ4v) is 1.35. The maximum atomic E-state index is 5.33. The van der Waals surface area contributed by atoms with Gasteiger partial charge in [-0.05, 0) is 30.3 Å². The molecule has 0 aromatic heterocycles. The van der Waals surface area contributed by atoms with E-state index in [1.54, 1.807) is 0 Å². The van der Waals surface area contributed by atoms with E-state index in [4.69, 9.17) is 5.84 Å². The van der Waals surface area contributed by atoms with Crippen molar-refractivity contribution in [3.05, 3.63) is 65.7 Å². The Balaban J connectivity index is 0.00000144. The summed E-state index contributed by atoms with van der Waals surface area (Å²) in [6.07, 6.45) is 0. The van der Waals surface area contributed by atoms with Crippen LogP contribution in [0, 0.1) is 11.8 Å². The van der Waals surface area contributed by atoms with Crippen LogP contribution in [-0.2, 0) is 0 Å². The molecule has 2 aromatic rings. The van der Waals surface area contributed by atoms with Gasteiger partial charge in [-0.25, -0.2) is 0 Å². The molecule has 0 unspecified atom stereocenters. The summed E-state index contributed by atoms with van der Waals surface area (Å²) >= 11 is 0. The highest BCUT2D eigenvalue weighted by molar-refractivity contribution is 5.85. The van der Waals surface area contributed by atoms with E-state index >= 15 is 0 Å². The lowest BCUT2D eigenvalue weighted by Gasteiger charge is -1.98. The number of nitrogen functional groups attached to an aromatic ring is 1. The first-order chi connectivity index (χ1) is 7.88. The molecule has 0 spiro atoms. The number of hydrogen-bond donors (Lipinski definition) is 2. The molecule has 0 aliphatic heterocycles. The van der Waals surface area contributed by atoms with Gasteiger partial charge in [0.1, 0.15) is 0 Å². The van der Waals surface area contributed by atoms with Gasteiger partial charge in [-0.15, -0.1) is 12.4 Å². The molecule has 3 heteroatoms. The normalized spacial score (nSPS) is 8.53. The summed E-state index contributed by atoms with van der Waals surface area (Å²) in [5, 5.41) is 0. The SMILES string of the molecule is Cl.NNc1cccc(C#Cc2ccccc2)c1. The maximum absolute atomic E-state index is 5.33. The van der Waals surface area contributed by atoms with Gasteiger partial charge in [0, 0.05) is 16.8 Å². The standard InChI is InChI=1S/C14H12N2.ClH/c15-16-14-8-4-7-13(11-14)10-9-12-5-2-1-3-6-12;/h1-8,11,16H,15H2;1H. The van der Waals surface area contributed by atoms with E-state index in [9.17, 15) is 0 Å². The summed E-state index contributed by atoms with van der Waals surface area (Å²) in [6, 6.07) is 17.6. The lowest BCUT2D eigenvalue weighted by Crippen LogP contribution is -2.06. The zero-order valence-corrected chi connectivity index (χ0v) is 10.00. The third-order valence-electron chi connectivity index (χ3n) is 2.15. The van der Waals surface area contributed by atoms with Gasteiger partial charge in [-0.1, -0.05) is 36.1 Å². The second kappa shape index (κ2) is 6.59. The molecule has 0 saturated heterocycles. The van der Waals surface area contributed by atoms with Crippen LogP contribution in [0.5, 0.6) is 0 Å². The molecule has 0 atom stereocenters. The number of nitrogens with two attached hydrogens (primary N) is 1. The van der Waals surface area contributed by atoms with Crippen LogP contribution in [0.1, 0.15) is 11.1 Å². The summed E-state index contributed by atoms with van der Waals surface area (Å²) in [5.41, 5.74) is 5.41. The molecule has 17 heavy (non-hydrogen) atoms. The largest absolute Gasteiger partial charge is 0.324 e. The summed E-state index contributed by atoms with van der Waals surface area (Å²) in [7, 11) is 0. The Bertz CT molecular complexity index is 527. The van der Waals surface area contributed by atoms with Gasteiger partial charge >= 0.3 is 0 Å². The Morgan fingerprint density at radius 3 is 2.18 bits per heavy atom. The molecule has 0 aliphatic carbocycles. The van der Waals surface area contributed by atoms with Crippen molar-refractivity contribution in [2.24, 2.45) is 5.84 Å². The molecular weight excluding hydrogens is 232 g/mol. The molecule has 0 saturated carbocycles. The van der Waals surface area contributed by atoms with Crippen molar-refractivity contribution in [3.63, 3.8) is 0 Å². The van der Waals surface area contributed by atoms with Crippen molar-refractivity contribution in [3.8, 4) is 11.8 Å². The molecule has 2 rings (SSSR count). The van der Waals surface area contributed by atoms with Crippen LogP contribution in [0.4, 0.5) is 5.69 Å². The van der Waals surface area contributed by atoms with Gasteiger partial charge in [0.05, 0.1) is 0 Å². The summed E-state index contributed by atoms with van der Waals surface area (Å²) in [4.78, 5) is 0. The van der Waals surface area contributed by atoms with Crippen molar-refractivity contribution in [1.29, 1.82) is 0 Å². The smallest absolute Gasteiger partial charge is 0.0497 e. The molecule has 0 bridgehead atoms. The van der Waals surface area contributed by atoms with Gasteiger partial charge in [0.25, 0.3) is 0 Å². The van der Waals surface area contributed by atoms with Crippen LogP contribution >= 0.6 is 12.4 Å². The number of hydrogen-bond acceptors (Lipinski definition) is 2. The average molecular weight is 245 g/mol. The van der Waals surface area contributed by atoms with Gasteiger partial charge < -0.3 is 5.43 Å². The number of benzene rings is 2. The van der Waals surface area contributed by atoms with E-state index in [1.807, 2.05) is 54.6 Å². The molecule has 0 heterocycles. The summed E-state index contributed by atoms with van der Waals surface area (Å²) in [6.45, 7) is 0. The predicted molar refractivity (Wildman–Crippen MR) is 73.9 cm³/mol. The van der Waals surface area contributed by atoms with Crippen molar-refractivity contribution in [2.45, 2.75) is 0 Å². The summed E-state index contributed by atoms with van der Waals surface area (Å²) < 4.78 is 0. The first-order valence-corrected chi connectivity index (χ1v) is 5.02. The van der Waals surface area contributed by atoms with E-state index in [2.05, 4.69) is 17.3 Å². The fraction of sp³-hybridized carbons (Fsp3) is 0. The van der Waals surface area contributed by atoms with Crippen molar-refractivity contribution >= 4 is 18.1 Å². The van der Waals surface area contributed by atoms with Crippen LogP contribution < -0.4 is 11.3 Å². The van der Waals surface area contributed by atoms with Crippen LogP contribution in [-0.4, -0.2) is 0 Å². The quantitative estimate of drug-likeness (QED) is 0.460. The molecule has 0 radical (unpaired) electrons. The Kier molecular flexibility index (Phi) is 5.09. The number of nitrogens with one attached hydrogen (secondary N) is 1. The Labute approximate surface area is 107 Å². The zero-order chi connectivity index (χ0) is 11.2. The minimum Gasteiger partial charge on any atom is -0.324 e. The minimum absolute atomic E-state index is 0. The number of hydrazine groups is 1. The van der Waals surface area contributed by atoms with Crippen molar-refractivity contribution in [1.82, 2.24) is 0 Å². The molecule has 2 nitrogen and oxygen atoms in total. The summed E-state index contributed by atoms with van der Waals surface area (Å²) in [5.74, 6) is 11.5. The molecular formula is C14H13ClN2. The van der Waals surface area contributed by atoms with Crippen LogP contribution in [0.25, 0.3) is 0 Å². The lowest BCUT2D eigenvalue weighted by molar-refractivity contribution is 1.35. The second-order valence-corrected chi connectivity index (χ2v) is 3.34. The fourth-order valence-electron chi connectivity index (χ4n) is 1.35. The first-order valence-electron chi connectivity index (χ1n) is 5.02. The number of halogens is 1. The highest BCUT2D eigenvalue weighted by Crippen LogP contribution is 2.08. The number of rotatable bonds is 1. The van der Waals surface area contributed by atoms with Gasteiger partial charge in [0.2, 0.25) is 0 Å². The van der Waals surface area contributed by atoms with E-state index in [-0.39, 0.29) is 12.4 Å².